The number of ether oxygens (including phenoxy) is 1. The van der Waals surface area contributed by atoms with E-state index in [2.05, 4.69) is 16.2 Å². The molecular weight excluding hydrogens is 336 g/mol. The molecule has 1 aromatic rings. The van der Waals surface area contributed by atoms with Crippen LogP contribution in [-0.4, -0.2) is 35.1 Å². The van der Waals surface area contributed by atoms with E-state index in [1.165, 1.54) is 36.4 Å². The smallest absolute Gasteiger partial charge is 0.269 e. The lowest BCUT2D eigenvalue weighted by atomic mass is 10.2. The Bertz CT molecular complexity index is 645. The minimum absolute atomic E-state index is 0.0372. The Morgan fingerprint density at radius 3 is 2.54 bits per heavy atom. The number of carbonyl (C=O) groups excluding carboxylic acids is 2. The summed E-state index contributed by atoms with van der Waals surface area (Å²) in [7, 11) is 0. The van der Waals surface area contributed by atoms with Crippen LogP contribution in [0.1, 0.15) is 12.5 Å². The van der Waals surface area contributed by atoms with Gasteiger partial charge in [0, 0.05) is 24.8 Å². The van der Waals surface area contributed by atoms with E-state index in [1.807, 2.05) is 0 Å². The number of nitrogens with one attached hydrogen (secondary N) is 3. The van der Waals surface area contributed by atoms with Gasteiger partial charge in [-0.3, -0.25) is 35.9 Å². The second kappa shape index (κ2) is 10.0. The molecule has 0 bridgehead atoms. The fourth-order valence-corrected chi connectivity index (χ4v) is 1.57. The van der Waals surface area contributed by atoms with E-state index >= 15 is 0 Å². The summed E-state index contributed by atoms with van der Waals surface area (Å²) in [4.78, 5) is 32.9. The summed E-state index contributed by atoms with van der Waals surface area (Å²) in [6, 6.07) is 5.67. The summed E-state index contributed by atoms with van der Waals surface area (Å²) in [5.41, 5.74) is 5.18. The number of nitro groups is 1. The van der Waals surface area contributed by atoms with Gasteiger partial charge in [-0.1, -0.05) is 0 Å². The molecule has 0 fully saturated rings. The normalized spacial score (nSPS) is 10.2. The van der Waals surface area contributed by atoms with Crippen LogP contribution in [0.25, 0.3) is 6.08 Å². The zero-order chi connectivity index (χ0) is 17.9. The fourth-order valence-electron chi connectivity index (χ4n) is 1.42. The quantitative estimate of drug-likeness (QED) is 0.297. The molecule has 0 aliphatic heterocycles. The van der Waals surface area contributed by atoms with Crippen LogP contribution in [0.3, 0.4) is 0 Å². The molecule has 0 heterocycles. The number of hydrogen-bond donors (Lipinski definition) is 3. The Hall–Kier alpha value is -2.85. The van der Waals surface area contributed by atoms with Gasteiger partial charge < -0.3 is 4.74 Å². The van der Waals surface area contributed by atoms with Gasteiger partial charge in [-0.2, -0.15) is 0 Å². The molecule has 1 rings (SSSR count). The first-order valence-electron chi connectivity index (χ1n) is 6.82. The highest BCUT2D eigenvalue weighted by molar-refractivity contribution is 7.80. The Morgan fingerprint density at radius 2 is 1.96 bits per heavy atom. The van der Waals surface area contributed by atoms with Gasteiger partial charge in [-0.05, 0) is 42.9 Å². The summed E-state index contributed by atoms with van der Waals surface area (Å²) >= 11 is 4.83. The maximum atomic E-state index is 11.6. The molecule has 0 saturated heterocycles. The summed E-state index contributed by atoms with van der Waals surface area (Å²) in [6.07, 6.45) is 2.67. The van der Waals surface area contributed by atoms with Crippen molar-refractivity contribution in [3.05, 3.63) is 46.0 Å². The second-order valence-electron chi connectivity index (χ2n) is 4.31. The van der Waals surface area contributed by atoms with Crippen LogP contribution in [0, 0.1) is 10.1 Å². The van der Waals surface area contributed by atoms with Gasteiger partial charge in [0.05, 0.1) is 4.92 Å². The van der Waals surface area contributed by atoms with E-state index in [9.17, 15) is 19.7 Å². The highest BCUT2D eigenvalue weighted by Gasteiger charge is 2.05. The standard InChI is InChI=1S/C14H16N4O5S/c1-2-23-9-13(20)16-17-14(24)15-12(19)8-5-10-3-6-11(7-4-10)18(21)22/h3-8H,2,9H2,1H3,(H,16,20)(H2,15,17,19,24)/b8-5+. The zero-order valence-corrected chi connectivity index (χ0v) is 13.6. The maximum absolute atomic E-state index is 11.6. The molecule has 0 aliphatic rings. The predicted molar refractivity (Wildman–Crippen MR) is 90.6 cm³/mol. The van der Waals surface area contributed by atoms with Crippen molar-refractivity contribution in [3.8, 4) is 0 Å². The summed E-state index contributed by atoms with van der Waals surface area (Å²) in [5, 5.41) is 12.8. The molecular formula is C14H16N4O5S. The van der Waals surface area contributed by atoms with Crippen LogP contribution in [0.5, 0.6) is 0 Å². The van der Waals surface area contributed by atoms with Crippen LogP contribution < -0.4 is 16.2 Å². The fraction of sp³-hybridized carbons (Fsp3) is 0.214. The van der Waals surface area contributed by atoms with Crippen LogP contribution in [0.2, 0.25) is 0 Å². The van der Waals surface area contributed by atoms with Crippen molar-refractivity contribution in [3.63, 3.8) is 0 Å². The van der Waals surface area contributed by atoms with Gasteiger partial charge >= 0.3 is 0 Å². The molecule has 0 aromatic heterocycles. The van der Waals surface area contributed by atoms with Crippen LogP contribution in [0.15, 0.2) is 30.3 Å². The monoisotopic (exact) mass is 352 g/mol. The molecule has 0 radical (unpaired) electrons. The molecule has 128 valence electrons. The second-order valence-corrected chi connectivity index (χ2v) is 4.72. The van der Waals surface area contributed by atoms with Crippen LogP contribution in [0.4, 0.5) is 5.69 Å². The van der Waals surface area contributed by atoms with Crippen molar-refractivity contribution < 1.29 is 19.2 Å². The van der Waals surface area contributed by atoms with Gasteiger partial charge in [0.15, 0.2) is 5.11 Å². The van der Waals surface area contributed by atoms with Gasteiger partial charge in [0.1, 0.15) is 6.61 Å². The Kier molecular flexibility index (Phi) is 8.02. The minimum atomic E-state index is -0.523. The van der Waals surface area contributed by atoms with Gasteiger partial charge in [-0.15, -0.1) is 0 Å². The van der Waals surface area contributed by atoms with Gasteiger partial charge in [0.25, 0.3) is 11.6 Å². The number of rotatable bonds is 6. The topological polar surface area (TPSA) is 123 Å². The Balaban J connectivity index is 2.40. The van der Waals surface area contributed by atoms with Gasteiger partial charge in [-0.25, -0.2) is 0 Å². The molecule has 3 N–H and O–H groups in total. The van der Waals surface area contributed by atoms with E-state index in [0.717, 1.165) is 0 Å². The minimum Gasteiger partial charge on any atom is -0.372 e. The molecule has 0 unspecified atom stereocenters. The predicted octanol–water partition coefficient (Wildman–Crippen LogP) is 0.666. The highest BCUT2D eigenvalue weighted by Crippen LogP contribution is 2.12. The number of benzene rings is 1. The first-order chi connectivity index (χ1) is 11.4. The molecule has 24 heavy (non-hydrogen) atoms. The molecule has 1 aromatic carbocycles. The van der Waals surface area contributed by atoms with E-state index < -0.39 is 16.7 Å². The van der Waals surface area contributed by atoms with Crippen LogP contribution >= 0.6 is 12.2 Å². The van der Waals surface area contributed by atoms with E-state index in [-0.39, 0.29) is 17.4 Å². The first kappa shape index (κ1) is 19.2. The third-order valence-electron chi connectivity index (χ3n) is 2.52. The van der Waals surface area contributed by atoms with Crippen molar-refractivity contribution in [2.24, 2.45) is 0 Å². The molecule has 0 aliphatic carbocycles. The van der Waals surface area contributed by atoms with E-state index in [0.29, 0.717) is 12.2 Å². The highest BCUT2D eigenvalue weighted by atomic mass is 32.1. The zero-order valence-electron chi connectivity index (χ0n) is 12.8. The lowest BCUT2D eigenvalue weighted by Gasteiger charge is -2.09. The number of hydrazine groups is 1. The van der Waals surface area contributed by atoms with Crippen LogP contribution in [-0.2, 0) is 14.3 Å². The number of nitrogens with zero attached hydrogens (tertiary/aromatic N) is 1. The molecule has 0 atom stereocenters. The van der Waals surface area contributed by atoms with Crippen molar-refractivity contribution in [1.82, 2.24) is 16.2 Å². The third-order valence-corrected chi connectivity index (χ3v) is 2.72. The molecule has 10 heteroatoms. The van der Waals surface area contributed by atoms with E-state index in [4.69, 9.17) is 17.0 Å². The number of thiocarbonyl (C=S) groups is 1. The number of hydrogen-bond acceptors (Lipinski definition) is 6. The lowest BCUT2D eigenvalue weighted by molar-refractivity contribution is -0.384. The average molecular weight is 352 g/mol. The van der Waals surface area contributed by atoms with Crippen molar-refractivity contribution >= 4 is 40.9 Å². The Labute approximate surface area is 143 Å². The SMILES string of the molecule is CCOCC(=O)NNC(=S)NC(=O)/C=C/c1ccc([N+](=O)[O-])cc1. The average Bonchev–Trinajstić information content (AvgIpc) is 2.56. The number of carbonyl (C=O) groups is 2. The summed E-state index contributed by atoms with van der Waals surface area (Å²) in [6.45, 7) is 2.03. The molecule has 9 nitrogen and oxygen atoms in total. The number of amides is 2. The van der Waals surface area contributed by atoms with Crippen molar-refractivity contribution in [1.29, 1.82) is 0 Å². The lowest BCUT2D eigenvalue weighted by Crippen LogP contribution is -2.49. The van der Waals surface area contributed by atoms with Crippen molar-refractivity contribution in [2.75, 3.05) is 13.2 Å². The molecule has 0 spiro atoms. The van der Waals surface area contributed by atoms with E-state index in [1.54, 1.807) is 6.92 Å². The van der Waals surface area contributed by atoms with Crippen molar-refractivity contribution in [2.45, 2.75) is 6.92 Å². The third kappa shape index (κ3) is 7.42. The number of non-ortho nitro benzene ring substituents is 1. The Morgan fingerprint density at radius 1 is 1.29 bits per heavy atom. The molecule has 0 saturated carbocycles. The summed E-state index contributed by atoms with van der Waals surface area (Å²) in [5.74, 6) is -0.959. The first-order valence-corrected chi connectivity index (χ1v) is 7.23. The molecule has 2 amide bonds. The summed E-state index contributed by atoms with van der Waals surface area (Å²) < 4.78 is 4.88. The largest absolute Gasteiger partial charge is 0.372 e. The number of nitro benzene ring substituents is 1. The maximum Gasteiger partial charge on any atom is 0.269 e. The van der Waals surface area contributed by atoms with Gasteiger partial charge in [0.2, 0.25) is 5.91 Å².